The molecular weight excluding hydrogens is 265 g/mol. The fraction of sp³-hybridized carbons (Fsp3) is 0.600. The monoisotopic (exact) mass is 288 g/mol. The Morgan fingerprint density at radius 2 is 1.70 bits per heavy atom. The summed E-state index contributed by atoms with van der Waals surface area (Å²) in [5, 5.41) is 3.32. The first-order valence-electron chi connectivity index (χ1n) is 6.68. The zero-order valence-corrected chi connectivity index (χ0v) is 12.5. The first-order chi connectivity index (χ1) is 9.09. The van der Waals surface area contributed by atoms with Crippen LogP contribution >= 0.6 is 0 Å². The second kappa shape index (κ2) is 6.59. The summed E-state index contributed by atoms with van der Waals surface area (Å²) < 4.78 is 38.6. The Labute approximate surface area is 119 Å². The summed E-state index contributed by atoms with van der Waals surface area (Å²) in [6.07, 6.45) is -4.29. The van der Waals surface area contributed by atoms with Crippen LogP contribution in [0.4, 0.5) is 13.2 Å². The molecule has 20 heavy (non-hydrogen) atoms. The highest BCUT2D eigenvalue weighted by Crippen LogP contribution is 2.32. The standard InChI is InChI=1S/C15H23F3N2/c1-14(2,3)19-9-10-20(4)11-12-7-5-6-8-13(12)15(16,17)18/h5-8,19H,9-11H2,1-4H3. The van der Waals surface area contributed by atoms with Crippen molar-refractivity contribution in [2.75, 3.05) is 20.1 Å². The quantitative estimate of drug-likeness (QED) is 0.891. The summed E-state index contributed by atoms with van der Waals surface area (Å²) in [7, 11) is 1.83. The Morgan fingerprint density at radius 1 is 1.10 bits per heavy atom. The third-order valence-electron chi connectivity index (χ3n) is 2.91. The molecule has 1 rings (SSSR count). The number of halogens is 3. The third-order valence-corrected chi connectivity index (χ3v) is 2.91. The minimum Gasteiger partial charge on any atom is -0.311 e. The van der Waals surface area contributed by atoms with Gasteiger partial charge in [-0.1, -0.05) is 18.2 Å². The summed E-state index contributed by atoms with van der Waals surface area (Å²) in [6, 6.07) is 5.74. The Hall–Kier alpha value is -1.07. The molecule has 5 heteroatoms. The molecule has 0 amide bonds. The van der Waals surface area contributed by atoms with E-state index in [0.717, 1.165) is 12.6 Å². The molecule has 0 saturated heterocycles. The van der Waals surface area contributed by atoms with Gasteiger partial charge in [0.15, 0.2) is 0 Å². The molecular formula is C15H23F3N2. The van der Waals surface area contributed by atoms with Gasteiger partial charge in [-0.05, 0) is 39.4 Å². The predicted molar refractivity (Wildman–Crippen MR) is 75.5 cm³/mol. The zero-order chi connectivity index (χ0) is 15.4. The average molecular weight is 288 g/mol. The fourth-order valence-corrected chi connectivity index (χ4v) is 1.93. The number of alkyl halides is 3. The molecule has 1 aromatic rings. The van der Waals surface area contributed by atoms with Crippen LogP contribution in [0, 0.1) is 0 Å². The highest BCUT2D eigenvalue weighted by molar-refractivity contribution is 5.29. The molecule has 1 aromatic carbocycles. The van der Waals surface area contributed by atoms with Crippen LogP contribution < -0.4 is 5.32 Å². The van der Waals surface area contributed by atoms with E-state index in [2.05, 4.69) is 26.1 Å². The first kappa shape index (κ1) is 17.0. The van der Waals surface area contributed by atoms with Crippen molar-refractivity contribution in [1.29, 1.82) is 0 Å². The maximum atomic E-state index is 12.9. The van der Waals surface area contributed by atoms with Gasteiger partial charge in [0.1, 0.15) is 0 Å². The van der Waals surface area contributed by atoms with Crippen molar-refractivity contribution in [3.05, 3.63) is 35.4 Å². The van der Waals surface area contributed by atoms with E-state index in [1.54, 1.807) is 6.07 Å². The van der Waals surface area contributed by atoms with Crippen molar-refractivity contribution < 1.29 is 13.2 Å². The normalized spacial score (nSPS) is 13.0. The molecule has 0 fully saturated rings. The largest absolute Gasteiger partial charge is 0.416 e. The molecule has 0 atom stereocenters. The molecule has 0 aliphatic carbocycles. The molecule has 114 valence electrons. The molecule has 0 aromatic heterocycles. The number of nitrogens with zero attached hydrogens (tertiary/aromatic N) is 1. The number of nitrogens with one attached hydrogen (secondary N) is 1. The van der Waals surface area contributed by atoms with E-state index >= 15 is 0 Å². The van der Waals surface area contributed by atoms with Gasteiger partial charge in [-0.25, -0.2) is 0 Å². The Bertz CT molecular complexity index is 422. The Balaban J connectivity index is 2.60. The van der Waals surface area contributed by atoms with Crippen LogP contribution in [0.2, 0.25) is 0 Å². The lowest BCUT2D eigenvalue weighted by Gasteiger charge is -2.24. The van der Waals surface area contributed by atoms with Crippen molar-refractivity contribution in [2.24, 2.45) is 0 Å². The highest BCUT2D eigenvalue weighted by atomic mass is 19.4. The van der Waals surface area contributed by atoms with Crippen molar-refractivity contribution in [3.63, 3.8) is 0 Å². The van der Waals surface area contributed by atoms with E-state index in [-0.39, 0.29) is 5.54 Å². The van der Waals surface area contributed by atoms with Crippen LogP contribution in [0.5, 0.6) is 0 Å². The minimum atomic E-state index is -4.29. The van der Waals surface area contributed by atoms with Gasteiger partial charge in [-0.2, -0.15) is 13.2 Å². The van der Waals surface area contributed by atoms with Crippen LogP contribution in [-0.4, -0.2) is 30.6 Å². The van der Waals surface area contributed by atoms with Crippen molar-refractivity contribution in [1.82, 2.24) is 10.2 Å². The molecule has 0 saturated carbocycles. The fourth-order valence-electron chi connectivity index (χ4n) is 1.93. The number of hydrogen-bond acceptors (Lipinski definition) is 2. The van der Waals surface area contributed by atoms with Gasteiger partial charge < -0.3 is 10.2 Å². The van der Waals surface area contributed by atoms with Crippen molar-refractivity contribution in [3.8, 4) is 0 Å². The Morgan fingerprint density at radius 3 is 2.25 bits per heavy atom. The van der Waals surface area contributed by atoms with Gasteiger partial charge in [0.2, 0.25) is 0 Å². The lowest BCUT2D eigenvalue weighted by atomic mass is 10.1. The van der Waals surface area contributed by atoms with Gasteiger partial charge in [0.05, 0.1) is 5.56 Å². The second-order valence-corrected chi connectivity index (χ2v) is 6.07. The Kier molecular flexibility index (Phi) is 5.59. The van der Waals surface area contributed by atoms with Crippen molar-refractivity contribution >= 4 is 0 Å². The van der Waals surface area contributed by atoms with Gasteiger partial charge in [0.25, 0.3) is 0 Å². The summed E-state index contributed by atoms with van der Waals surface area (Å²) in [5.41, 5.74) is -0.209. The van der Waals surface area contributed by atoms with E-state index in [1.807, 2.05) is 11.9 Å². The summed E-state index contributed by atoms with van der Waals surface area (Å²) in [5.74, 6) is 0. The van der Waals surface area contributed by atoms with Gasteiger partial charge in [0, 0.05) is 25.2 Å². The minimum absolute atomic E-state index is 0.0186. The molecule has 0 aliphatic heterocycles. The summed E-state index contributed by atoms with van der Waals surface area (Å²) in [6.45, 7) is 7.92. The first-order valence-corrected chi connectivity index (χ1v) is 6.68. The summed E-state index contributed by atoms with van der Waals surface area (Å²) in [4.78, 5) is 1.89. The van der Waals surface area contributed by atoms with E-state index in [1.165, 1.54) is 12.1 Å². The van der Waals surface area contributed by atoms with Gasteiger partial charge >= 0.3 is 6.18 Å². The molecule has 0 bridgehead atoms. The van der Waals surface area contributed by atoms with Gasteiger partial charge in [-0.15, -0.1) is 0 Å². The highest BCUT2D eigenvalue weighted by Gasteiger charge is 2.32. The maximum Gasteiger partial charge on any atom is 0.416 e. The zero-order valence-electron chi connectivity index (χ0n) is 12.5. The van der Waals surface area contributed by atoms with Crippen LogP contribution in [0.1, 0.15) is 31.9 Å². The molecule has 2 nitrogen and oxygen atoms in total. The van der Waals surface area contributed by atoms with E-state index in [0.29, 0.717) is 18.7 Å². The number of benzene rings is 1. The molecule has 0 spiro atoms. The molecule has 0 heterocycles. The van der Waals surface area contributed by atoms with E-state index in [9.17, 15) is 13.2 Å². The van der Waals surface area contributed by atoms with E-state index in [4.69, 9.17) is 0 Å². The molecule has 0 aliphatic rings. The predicted octanol–water partition coefficient (Wildman–Crippen LogP) is 3.53. The van der Waals surface area contributed by atoms with Crippen molar-refractivity contribution in [2.45, 2.75) is 39.0 Å². The second-order valence-electron chi connectivity index (χ2n) is 6.07. The smallest absolute Gasteiger partial charge is 0.311 e. The van der Waals surface area contributed by atoms with Crippen LogP contribution in [0.15, 0.2) is 24.3 Å². The number of likely N-dealkylation sites (N-methyl/N-ethyl adjacent to an activating group) is 1. The molecule has 0 unspecified atom stereocenters. The molecule has 0 radical (unpaired) electrons. The van der Waals surface area contributed by atoms with Gasteiger partial charge in [-0.3, -0.25) is 0 Å². The SMILES string of the molecule is CN(CCNC(C)(C)C)Cc1ccccc1C(F)(F)F. The van der Waals surface area contributed by atoms with Crippen LogP contribution in [-0.2, 0) is 12.7 Å². The van der Waals surface area contributed by atoms with Crippen LogP contribution in [0.25, 0.3) is 0 Å². The van der Waals surface area contributed by atoms with Crippen LogP contribution in [0.3, 0.4) is 0 Å². The molecule has 1 N–H and O–H groups in total. The summed E-state index contributed by atoms with van der Waals surface area (Å²) >= 11 is 0. The average Bonchev–Trinajstić information content (AvgIpc) is 2.26. The lowest BCUT2D eigenvalue weighted by Crippen LogP contribution is -2.40. The maximum absolute atomic E-state index is 12.9. The van der Waals surface area contributed by atoms with E-state index < -0.39 is 11.7 Å². The topological polar surface area (TPSA) is 15.3 Å². The third kappa shape index (κ3) is 5.92. The lowest BCUT2D eigenvalue weighted by molar-refractivity contribution is -0.138. The number of hydrogen-bond donors (Lipinski definition) is 1. The number of rotatable bonds is 5.